The minimum Gasteiger partial charge on any atom is -0.486 e. The van der Waals surface area contributed by atoms with Gasteiger partial charge in [0.05, 0.1) is 42.8 Å². The number of hydrogen-bond donors (Lipinski definition) is 0. The average Bonchev–Trinajstić information content (AvgIpc) is 3.34. The maximum Gasteiger partial charge on any atom is 0.193 e. The fourth-order valence-corrected chi connectivity index (χ4v) is 4.61. The summed E-state index contributed by atoms with van der Waals surface area (Å²) in [5.74, 6) is 0.517. The molecule has 1 fully saturated rings. The first-order chi connectivity index (χ1) is 14.7. The molecule has 7 nitrogen and oxygen atoms in total. The monoisotopic (exact) mass is 421 g/mol. The molecule has 2 atom stereocenters. The van der Waals surface area contributed by atoms with Gasteiger partial charge in [-0.05, 0) is 18.4 Å². The van der Waals surface area contributed by atoms with Crippen LogP contribution in [-0.4, -0.2) is 39.4 Å². The topological polar surface area (TPSA) is 75.3 Å². The number of carbonyl (C=O) groups excluding carboxylic acids is 1. The predicted molar refractivity (Wildman–Crippen MR) is 118 cm³/mol. The van der Waals surface area contributed by atoms with Crippen molar-refractivity contribution in [2.24, 2.45) is 5.41 Å². The number of nitrogens with zero attached hydrogens (tertiary/aromatic N) is 3. The van der Waals surface area contributed by atoms with Gasteiger partial charge in [0.15, 0.2) is 11.2 Å². The molecule has 2 aliphatic heterocycles. The van der Waals surface area contributed by atoms with E-state index in [4.69, 9.17) is 14.6 Å². The lowest BCUT2D eigenvalue weighted by Crippen LogP contribution is -2.35. The zero-order valence-electron chi connectivity index (χ0n) is 18.3. The molecule has 0 amide bonds. The highest BCUT2D eigenvalue weighted by Crippen LogP contribution is 2.43. The van der Waals surface area contributed by atoms with Crippen molar-refractivity contribution in [2.45, 2.75) is 52.8 Å². The molecule has 7 heteroatoms. The Bertz CT molecular complexity index is 1240. The number of ketones is 1. The average molecular weight is 421 g/mol. The van der Waals surface area contributed by atoms with Crippen molar-refractivity contribution >= 4 is 16.7 Å². The van der Waals surface area contributed by atoms with Crippen molar-refractivity contribution in [3.05, 3.63) is 46.2 Å². The summed E-state index contributed by atoms with van der Waals surface area (Å²) in [6, 6.07) is 7.53. The first-order valence-electron chi connectivity index (χ1n) is 10.8. The molecule has 0 radical (unpaired) electrons. The molecule has 0 bridgehead atoms. The normalized spacial score (nSPS) is 20.5. The fraction of sp³-hybridized carbons (Fsp3) is 0.458. The Hall–Kier alpha value is -2.93. The van der Waals surface area contributed by atoms with Crippen molar-refractivity contribution in [1.82, 2.24) is 14.3 Å². The Balaban J connectivity index is 1.73. The number of hydrogen-bond acceptors (Lipinski definition) is 5. The molecule has 0 spiro atoms. The molecule has 4 heterocycles. The molecule has 1 aromatic carbocycles. The summed E-state index contributed by atoms with van der Waals surface area (Å²) in [7, 11) is 0. The smallest absolute Gasteiger partial charge is 0.193 e. The molecule has 0 aliphatic carbocycles. The van der Waals surface area contributed by atoms with Gasteiger partial charge in [0.2, 0.25) is 0 Å². The maximum absolute atomic E-state index is 12.8. The highest BCUT2D eigenvalue weighted by Gasteiger charge is 2.35. The zero-order valence-corrected chi connectivity index (χ0v) is 18.3. The standard InChI is InChI=1S/C24H27N3O4/c1-14(28)17-11-26-18(10-19(17)29)23-16-6-5-7-20(31-15-8-9-30-13-15)22(16)25-27(23)12-21(26)24(2,3)4/h5-7,10-11,15,21H,8-9,12-13H2,1-4H3. The van der Waals surface area contributed by atoms with E-state index in [9.17, 15) is 9.59 Å². The minimum absolute atomic E-state index is 0.0275. The van der Waals surface area contributed by atoms with Crippen LogP contribution in [0.15, 0.2) is 35.3 Å². The summed E-state index contributed by atoms with van der Waals surface area (Å²) in [4.78, 5) is 24.8. The number of fused-ring (bicyclic) bond motifs is 5. The molecule has 31 heavy (non-hydrogen) atoms. The van der Waals surface area contributed by atoms with E-state index >= 15 is 0 Å². The summed E-state index contributed by atoms with van der Waals surface area (Å²) in [5.41, 5.74) is 2.31. The molecule has 2 aromatic heterocycles. The third-order valence-corrected chi connectivity index (χ3v) is 6.30. The Kier molecular flexibility index (Phi) is 4.55. The van der Waals surface area contributed by atoms with Gasteiger partial charge < -0.3 is 14.0 Å². The van der Waals surface area contributed by atoms with E-state index in [-0.39, 0.29) is 34.3 Å². The number of benzene rings is 1. The molecule has 2 unspecified atom stereocenters. The quantitative estimate of drug-likeness (QED) is 0.601. The van der Waals surface area contributed by atoms with E-state index in [1.165, 1.54) is 6.92 Å². The Morgan fingerprint density at radius 3 is 2.77 bits per heavy atom. The third kappa shape index (κ3) is 3.28. The molecule has 0 saturated carbocycles. The first-order valence-corrected chi connectivity index (χ1v) is 10.8. The van der Waals surface area contributed by atoms with Gasteiger partial charge >= 0.3 is 0 Å². The number of pyridine rings is 1. The van der Waals surface area contributed by atoms with Crippen LogP contribution in [0.3, 0.4) is 0 Å². The van der Waals surface area contributed by atoms with E-state index < -0.39 is 0 Å². The van der Waals surface area contributed by atoms with Gasteiger partial charge in [0.1, 0.15) is 17.4 Å². The molecule has 1 saturated heterocycles. The highest BCUT2D eigenvalue weighted by atomic mass is 16.5. The summed E-state index contributed by atoms with van der Waals surface area (Å²) < 4.78 is 15.7. The van der Waals surface area contributed by atoms with Crippen molar-refractivity contribution in [3.63, 3.8) is 0 Å². The van der Waals surface area contributed by atoms with E-state index in [0.717, 1.165) is 34.5 Å². The molecule has 3 aromatic rings. The van der Waals surface area contributed by atoms with Crippen LogP contribution in [0.4, 0.5) is 0 Å². The molecule has 0 N–H and O–H groups in total. The van der Waals surface area contributed by atoms with Crippen LogP contribution in [-0.2, 0) is 11.3 Å². The van der Waals surface area contributed by atoms with Gasteiger partial charge in [-0.25, -0.2) is 0 Å². The molecule has 162 valence electrons. The van der Waals surface area contributed by atoms with Crippen molar-refractivity contribution in [3.8, 4) is 17.1 Å². The Labute approximate surface area is 180 Å². The van der Waals surface area contributed by atoms with E-state index in [2.05, 4.69) is 25.3 Å². The van der Waals surface area contributed by atoms with Crippen LogP contribution in [0.5, 0.6) is 5.75 Å². The lowest BCUT2D eigenvalue weighted by Gasteiger charge is -2.38. The van der Waals surface area contributed by atoms with Crippen LogP contribution in [0.1, 0.15) is 50.5 Å². The summed E-state index contributed by atoms with van der Waals surface area (Å²) >= 11 is 0. The van der Waals surface area contributed by atoms with Crippen LogP contribution >= 0.6 is 0 Å². The Morgan fingerprint density at radius 1 is 1.29 bits per heavy atom. The highest BCUT2D eigenvalue weighted by molar-refractivity contribution is 5.97. The number of ether oxygens (including phenoxy) is 2. The lowest BCUT2D eigenvalue weighted by atomic mass is 9.84. The van der Waals surface area contributed by atoms with Gasteiger partial charge in [0.25, 0.3) is 0 Å². The predicted octanol–water partition coefficient (Wildman–Crippen LogP) is 3.84. The van der Waals surface area contributed by atoms with Crippen molar-refractivity contribution in [2.75, 3.05) is 13.2 Å². The fourth-order valence-electron chi connectivity index (χ4n) is 4.61. The lowest BCUT2D eigenvalue weighted by molar-refractivity contribution is 0.101. The minimum atomic E-state index is -0.260. The second kappa shape index (κ2) is 7.05. The van der Waals surface area contributed by atoms with Gasteiger partial charge in [0, 0.05) is 24.1 Å². The summed E-state index contributed by atoms with van der Waals surface area (Å²) in [5, 5.41) is 5.85. The van der Waals surface area contributed by atoms with E-state index in [0.29, 0.717) is 19.8 Å². The van der Waals surface area contributed by atoms with Gasteiger partial charge in [-0.3, -0.25) is 14.3 Å². The number of aromatic nitrogens is 3. The van der Waals surface area contributed by atoms with Crippen molar-refractivity contribution in [1.29, 1.82) is 0 Å². The van der Waals surface area contributed by atoms with Crippen LogP contribution < -0.4 is 10.2 Å². The largest absolute Gasteiger partial charge is 0.486 e. The van der Waals surface area contributed by atoms with Crippen molar-refractivity contribution < 1.29 is 14.3 Å². The zero-order chi connectivity index (χ0) is 21.9. The van der Waals surface area contributed by atoms with Gasteiger partial charge in [-0.15, -0.1) is 0 Å². The SMILES string of the molecule is CC(=O)c1cn2c(cc1=O)-c1c3cccc(OC4CCOC4)c3nn1CC2C(C)(C)C. The van der Waals surface area contributed by atoms with Gasteiger partial charge in [-0.1, -0.05) is 32.9 Å². The maximum atomic E-state index is 12.8. The molecular weight excluding hydrogens is 394 g/mol. The second-order valence-electron chi connectivity index (χ2n) is 9.57. The first kappa shape index (κ1) is 20.0. The number of carbonyl (C=O) groups is 1. The van der Waals surface area contributed by atoms with Crippen LogP contribution in [0.25, 0.3) is 22.3 Å². The van der Waals surface area contributed by atoms with E-state index in [1.54, 1.807) is 12.3 Å². The summed E-state index contributed by atoms with van der Waals surface area (Å²) in [6.45, 7) is 9.87. The molecule has 2 aliphatic rings. The summed E-state index contributed by atoms with van der Waals surface area (Å²) in [6.07, 6.45) is 2.62. The molecule has 5 rings (SSSR count). The van der Waals surface area contributed by atoms with Crippen LogP contribution in [0, 0.1) is 5.41 Å². The van der Waals surface area contributed by atoms with Crippen LogP contribution in [0.2, 0.25) is 0 Å². The van der Waals surface area contributed by atoms with E-state index in [1.807, 2.05) is 22.9 Å². The number of Topliss-reactive ketones (excluding diaryl/α,β-unsaturated/α-hetero) is 1. The third-order valence-electron chi connectivity index (χ3n) is 6.30. The van der Waals surface area contributed by atoms with Gasteiger partial charge in [-0.2, -0.15) is 5.10 Å². The Morgan fingerprint density at radius 2 is 2.10 bits per heavy atom. The second-order valence-corrected chi connectivity index (χ2v) is 9.57. The number of rotatable bonds is 3. The molecular formula is C24H27N3O4.